The summed E-state index contributed by atoms with van der Waals surface area (Å²) in [7, 11) is 0. The zero-order valence-electron chi connectivity index (χ0n) is 18.2. The molecule has 1 saturated carbocycles. The van der Waals surface area contributed by atoms with Crippen LogP contribution in [-0.4, -0.2) is 69.8 Å². The Kier molecular flexibility index (Phi) is 5.18. The molecule has 5 rings (SSSR count). The number of nitrogens with two attached hydrogens (primary N) is 1. The van der Waals surface area contributed by atoms with Crippen LogP contribution < -0.4 is 5.73 Å². The van der Waals surface area contributed by atoms with Crippen LogP contribution in [0.5, 0.6) is 0 Å². The van der Waals surface area contributed by atoms with Gasteiger partial charge in [0.2, 0.25) is 11.8 Å². The Balaban J connectivity index is 1.22. The molecule has 0 radical (unpaired) electrons. The summed E-state index contributed by atoms with van der Waals surface area (Å²) in [5, 5.41) is 9.34. The molecule has 2 N–H and O–H groups in total. The van der Waals surface area contributed by atoms with E-state index in [1.165, 1.54) is 12.1 Å². The molecule has 2 unspecified atom stereocenters. The van der Waals surface area contributed by atoms with Crippen LogP contribution in [0.3, 0.4) is 0 Å². The van der Waals surface area contributed by atoms with Crippen molar-refractivity contribution in [2.75, 3.05) is 13.1 Å². The van der Waals surface area contributed by atoms with Crippen molar-refractivity contribution in [1.29, 1.82) is 5.26 Å². The number of piperidine rings is 1. The lowest BCUT2D eigenvalue weighted by atomic mass is 10.0. The number of halogens is 3. The summed E-state index contributed by atoms with van der Waals surface area (Å²) in [6.07, 6.45) is -2.15. The minimum atomic E-state index is -4.40. The Bertz CT molecular complexity index is 1010. The second-order valence-corrected chi connectivity index (χ2v) is 9.70. The predicted octanol–water partition coefficient (Wildman–Crippen LogP) is 1.89. The fourth-order valence-electron chi connectivity index (χ4n) is 5.92. The summed E-state index contributed by atoms with van der Waals surface area (Å²) >= 11 is 0. The minimum Gasteiger partial charge on any atom is -0.330 e. The van der Waals surface area contributed by atoms with Crippen LogP contribution in [0.25, 0.3) is 0 Å². The molecule has 1 aromatic carbocycles. The van der Waals surface area contributed by atoms with E-state index in [1.807, 2.05) is 11.8 Å². The van der Waals surface area contributed by atoms with E-state index in [2.05, 4.69) is 6.07 Å². The number of rotatable bonds is 5. The summed E-state index contributed by atoms with van der Waals surface area (Å²) in [5.74, 6) is 0.101. The number of alkyl halides is 3. The van der Waals surface area contributed by atoms with Gasteiger partial charge in [-0.3, -0.25) is 14.5 Å². The highest BCUT2D eigenvalue weighted by molar-refractivity contribution is 5.87. The first-order valence-corrected chi connectivity index (χ1v) is 11.3. The molecule has 3 saturated heterocycles. The van der Waals surface area contributed by atoms with Gasteiger partial charge in [-0.25, -0.2) is 0 Å². The van der Waals surface area contributed by atoms with Gasteiger partial charge in [0, 0.05) is 25.2 Å². The molecule has 4 fully saturated rings. The predicted molar refractivity (Wildman–Crippen MR) is 111 cm³/mol. The van der Waals surface area contributed by atoms with Crippen LogP contribution in [0.2, 0.25) is 0 Å². The molecule has 1 aromatic rings. The summed E-state index contributed by atoms with van der Waals surface area (Å²) in [6, 6.07) is 5.23. The SMILES string of the molecule is C[C@@H](c1ccc(C(F)(F)F)cc1)N1C(=O)[C@@H]2CC1CN2C[C@H](N)C(=O)N1C2C[C@H]2C[C@H]1C#N. The summed E-state index contributed by atoms with van der Waals surface area (Å²) in [6.45, 7) is 2.64. The number of fused-ring (bicyclic) bond motifs is 3. The van der Waals surface area contributed by atoms with Crippen LogP contribution in [0.4, 0.5) is 13.2 Å². The van der Waals surface area contributed by atoms with E-state index < -0.39 is 23.8 Å². The Labute approximate surface area is 189 Å². The van der Waals surface area contributed by atoms with Crippen molar-refractivity contribution in [3.8, 4) is 6.07 Å². The third kappa shape index (κ3) is 3.67. The highest BCUT2D eigenvalue weighted by Crippen LogP contribution is 2.48. The molecule has 3 heterocycles. The lowest BCUT2D eigenvalue weighted by Crippen LogP contribution is -2.57. The molecule has 176 valence electrons. The van der Waals surface area contributed by atoms with Gasteiger partial charge in [-0.15, -0.1) is 0 Å². The molecule has 7 nitrogen and oxygen atoms in total. The van der Waals surface area contributed by atoms with Gasteiger partial charge in [0.05, 0.1) is 29.8 Å². The van der Waals surface area contributed by atoms with Gasteiger partial charge in [-0.2, -0.15) is 18.4 Å². The average Bonchev–Trinajstić information content (AvgIpc) is 3.11. The van der Waals surface area contributed by atoms with E-state index in [4.69, 9.17) is 5.73 Å². The summed E-state index contributed by atoms with van der Waals surface area (Å²) in [4.78, 5) is 31.4. The van der Waals surface area contributed by atoms with Crippen molar-refractivity contribution < 1.29 is 22.8 Å². The maximum absolute atomic E-state index is 13.1. The quantitative estimate of drug-likeness (QED) is 0.723. The summed E-state index contributed by atoms with van der Waals surface area (Å²) in [5.41, 5.74) is 6.16. The fraction of sp³-hybridized carbons (Fsp3) is 0.609. The lowest BCUT2D eigenvalue weighted by molar-refractivity contribution is -0.141. The van der Waals surface area contributed by atoms with Crippen LogP contribution in [0.15, 0.2) is 24.3 Å². The van der Waals surface area contributed by atoms with E-state index in [-0.39, 0.29) is 42.5 Å². The first-order valence-electron chi connectivity index (χ1n) is 11.3. The smallest absolute Gasteiger partial charge is 0.330 e. The Hall–Kier alpha value is -2.64. The molecule has 0 aromatic heterocycles. The van der Waals surface area contributed by atoms with Gasteiger partial charge in [-0.1, -0.05) is 12.1 Å². The normalized spacial score (nSPS) is 32.6. The molecule has 7 atom stereocenters. The number of benzene rings is 1. The Morgan fingerprint density at radius 3 is 2.55 bits per heavy atom. The maximum atomic E-state index is 13.1. The van der Waals surface area contributed by atoms with Crippen LogP contribution >= 0.6 is 0 Å². The number of carbonyl (C=O) groups is 2. The molecular weight excluding hydrogens is 435 g/mol. The van der Waals surface area contributed by atoms with Crippen molar-refractivity contribution in [3.63, 3.8) is 0 Å². The second-order valence-electron chi connectivity index (χ2n) is 9.70. The van der Waals surface area contributed by atoms with Gasteiger partial charge in [-0.05, 0) is 49.8 Å². The van der Waals surface area contributed by atoms with Crippen molar-refractivity contribution in [3.05, 3.63) is 35.4 Å². The maximum Gasteiger partial charge on any atom is 0.416 e. The second kappa shape index (κ2) is 7.71. The van der Waals surface area contributed by atoms with Crippen molar-refractivity contribution in [2.24, 2.45) is 11.7 Å². The molecule has 4 aliphatic rings. The van der Waals surface area contributed by atoms with E-state index in [0.29, 0.717) is 30.9 Å². The largest absolute Gasteiger partial charge is 0.416 e. The van der Waals surface area contributed by atoms with E-state index >= 15 is 0 Å². The van der Waals surface area contributed by atoms with Crippen molar-refractivity contribution in [1.82, 2.24) is 14.7 Å². The van der Waals surface area contributed by atoms with Gasteiger partial charge in [0.1, 0.15) is 6.04 Å². The number of nitrogens with zero attached hydrogens (tertiary/aromatic N) is 4. The number of hydrogen-bond acceptors (Lipinski definition) is 5. The average molecular weight is 461 g/mol. The molecule has 2 bridgehead atoms. The highest BCUT2D eigenvalue weighted by Gasteiger charge is 2.56. The molecule has 10 heteroatoms. The Morgan fingerprint density at radius 2 is 1.94 bits per heavy atom. The number of likely N-dealkylation sites (tertiary alicyclic amines) is 3. The number of piperazine rings is 1. The first kappa shape index (κ1) is 22.2. The van der Waals surface area contributed by atoms with Crippen LogP contribution in [0, 0.1) is 17.2 Å². The molecule has 2 amide bonds. The summed E-state index contributed by atoms with van der Waals surface area (Å²) < 4.78 is 38.6. The third-order valence-electron chi connectivity index (χ3n) is 7.71. The third-order valence-corrected chi connectivity index (χ3v) is 7.71. The fourth-order valence-corrected chi connectivity index (χ4v) is 5.92. The lowest BCUT2D eigenvalue weighted by Gasteiger charge is -2.38. The minimum absolute atomic E-state index is 0.0754. The van der Waals surface area contributed by atoms with Gasteiger partial charge >= 0.3 is 6.18 Å². The zero-order chi connectivity index (χ0) is 23.7. The van der Waals surface area contributed by atoms with E-state index in [0.717, 1.165) is 18.6 Å². The highest BCUT2D eigenvalue weighted by atomic mass is 19.4. The van der Waals surface area contributed by atoms with Gasteiger partial charge in [0.15, 0.2) is 0 Å². The molecule has 33 heavy (non-hydrogen) atoms. The number of carbonyl (C=O) groups excluding carboxylic acids is 2. The molecule has 1 aliphatic carbocycles. The number of hydrogen-bond donors (Lipinski definition) is 1. The van der Waals surface area contributed by atoms with Crippen LogP contribution in [0.1, 0.15) is 43.4 Å². The van der Waals surface area contributed by atoms with Crippen LogP contribution in [-0.2, 0) is 15.8 Å². The van der Waals surface area contributed by atoms with Crippen molar-refractivity contribution >= 4 is 11.8 Å². The van der Waals surface area contributed by atoms with E-state index in [9.17, 15) is 28.0 Å². The topological polar surface area (TPSA) is 93.7 Å². The zero-order valence-corrected chi connectivity index (χ0v) is 18.2. The monoisotopic (exact) mass is 461 g/mol. The Morgan fingerprint density at radius 1 is 1.24 bits per heavy atom. The number of nitriles is 1. The van der Waals surface area contributed by atoms with E-state index in [1.54, 1.807) is 9.80 Å². The molecule has 0 spiro atoms. The first-order chi connectivity index (χ1) is 15.6. The molecular formula is C23H26F3N5O2. The standard InChI is InChI=1S/C23H26F3N5O2/c1-12(13-2-4-15(5-3-13)23(24,25)26)30-17-8-20(22(30)33)29(10-17)11-18(28)21(32)31-16(9-27)6-14-7-19(14)31/h2-5,12,14,16-20H,6-8,10-11,28H2,1H3/t12-,14+,16-,17?,18-,19?,20-/m0/s1. The number of amides is 2. The van der Waals surface area contributed by atoms with Gasteiger partial charge in [0.25, 0.3) is 0 Å². The van der Waals surface area contributed by atoms with Crippen molar-refractivity contribution in [2.45, 2.75) is 68.6 Å². The van der Waals surface area contributed by atoms with Gasteiger partial charge < -0.3 is 15.5 Å². The molecule has 3 aliphatic heterocycles.